The third kappa shape index (κ3) is 2.00. The Hall–Kier alpha value is -2.13. The second-order valence-corrected chi connectivity index (χ2v) is 3.81. The highest BCUT2D eigenvalue weighted by molar-refractivity contribution is 6.21. The summed E-state index contributed by atoms with van der Waals surface area (Å²) >= 11 is 0. The van der Waals surface area contributed by atoms with Gasteiger partial charge in [0.2, 0.25) is 0 Å². The third-order valence-corrected chi connectivity index (χ3v) is 2.55. The Bertz CT molecular complexity index is 630. The predicted molar refractivity (Wildman–Crippen MR) is 48.2 cm³/mol. The molecule has 0 radical (unpaired) electrons. The molecule has 10 heteroatoms. The van der Waals surface area contributed by atoms with Crippen LogP contribution < -0.4 is 5.32 Å². The topological polar surface area (TPSA) is 46.2 Å². The molecule has 2 amide bonds. The van der Waals surface area contributed by atoms with Gasteiger partial charge in [0, 0.05) is 0 Å². The van der Waals surface area contributed by atoms with Gasteiger partial charge in [-0.2, -0.15) is 26.3 Å². The van der Waals surface area contributed by atoms with Gasteiger partial charge in [0.25, 0.3) is 11.8 Å². The number of amides is 2. The minimum absolute atomic E-state index is 0.179. The first kappa shape index (κ1) is 14.3. The van der Waals surface area contributed by atoms with Gasteiger partial charge in [-0.05, 0) is 6.07 Å². The van der Waals surface area contributed by atoms with Gasteiger partial charge in [0.1, 0.15) is 11.4 Å². The minimum atomic E-state index is -5.67. The van der Waals surface area contributed by atoms with Crippen molar-refractivity contribution in [1.82, 2.24) is 5.32 Å². The molecule has 0 fully saturated rings. The Kier molecular flexibility index (Phi) is 2.81. The molecule has 0 aliphatic carbocycles. The van der Waals surface area contributed by atoms with E-state index in [2.05, 4.69) is 0 Å². The standard InChI is InChI=1S/C10H2F7NO2/c11-6-4-2(7(19)18-8(4)20)1-3(9(12,13)14)5(6)10(15,16)17/h1H,(H,18,19,20). The molecule has 1 N–H and O–H groups in total. The number of halogens is 7. The van der Waals surface area contributed by atoms with Crippen molar-refractivity contribution < 1.29 is 40.3 Å². The molecule has 3 nitrogen and oxygen atoms in total. The summed E-state index contributed by atoms with van der Waals surface area (Å²) in [7, 11) is 0. The number of benzene rings is 1. The van der Waals surface area contributed by atoms with Crippen molar-refractivity contribution in [3.05, 3.63) is 34.1 Å². The zero-order chi connectivity index (χ0) is 15.5. The van der Waals surface area contributed by atoms with Crippen molar-refractivity contribution in [3.63, 3.8) is 0 Å². The zero-order valence-electron chi connectivity index (χ0n) is 9.04. The van der Waals surface area contributed by atoms with Crippen LogP contribution in [0.5, 0.6) is 0 Å². The highest BCUT2D eigenvalue weighted by atomic mass is 19.4. The Labute approximate surface area is 105 Å². The van der Waals surface area contributed by atoms with Crippen LogP contribution in [-0.2, 0) is 12.4 Å². The van der Waals surface area contributed by atoms with E-state index in [1.54, 1.807) is 0 Å². The average Bonchev–Trinajstić information content (AvgIpc) is 2.51. The third-order valence-electron chi connectivity index (χ3n) is 2.55. The Morgan fingerprint density at radius 2 is 1.45 bits per heavy atom. The molecule has 0 bridgehead atoms. The van der Waals surface area contributed by atoms with Gasteiger partial charge < -0.3 is 0 Å². The van der Waals surface area contributed by atoms with Crippen molar-refractivity contribution in [2.24, 2.45) is 0 Å². The average molecular weight is 301 g/mol. The van der Waals surface area contributed by atoms with E-state index >= 15 is 0 Å². The van der Waals surface area contributed by atoms with Crippen molar-refractivity contribution in [2.45, 2.75) is 12.4 Å². The summed E-state index contributed by atoms with van der Waals surface area (Å²) in [4.78, 5) is 22.2. The van der Waals surface area contributed by atoms with Crippen LogP contribution >= 0.6 is 0 Å². The molecular weight excluding hydrogens is 299 g/mol. The van der Waals surface area contributed by atoms with E-state index in [-0.39, 0.29) is 6.07 Å². The number of carbonyl (C=O) groups is 2. The predicted octanol–water partition coefficient (Wildman–Crippen LogP) is 2.75. The fourth-order valence-corrected chi connectivity index (χ4v) is 1.78. The lowest BCUT2D eigenvalue weighted by Gasteiger charge is -2.17. The highest BCUT2D eigenvalue weighted by Gasteiger charge is 2.49. The summed E-state index contributed by atoms with van der Waals surface area (Å²) in [6, 6.07) is -0.179. The Morgan fingerprint density at radius 3 is 1.90 bits per heavy atom. The number of imide groups is 1. The number of carbonyl (C=O) groups excluding carboxylic acids is 2. The molecule has 0 atom stereocenters. The molecule has 2 rings (SSSR count). The minimum Gasteiger partial charge on any atom is -0.288 e. The van der Waals surface area contributed by atoms with Crippen molar-refractivity contribution in [1.29, 1.82) is 0 Å². The maximum Gasteiger partial charge on any atom is 0.419 e. The van der Waals surface area contributed by atoms with E-state index in [0.29, 0.717) is 0 Å². The molecular formula is C10H2F7NO2. The first-order valence-electron chi connectivity index (χ1n) is 4.81. The van der Waals surface area contributed by atoms with Gasteiger partial charge in [-0.15, -0.1) is 0 Å². The molecule has 1 aliphatic rings. The number of alkyl halides is 6. The van der Waals surface area contributed by atoms with Crippen LogP contribution in [0.3, 0.4) is 0 Å². The normalized spacial score (nSPS) is 15.3. The van der Waals surface area contributed by atoms with Crippen LogP contribution in [0.2, 0.25) is 0 Å². The van der Waals surface area contributed by atoms with Gasteiger partial charge in [-0.1, -0.05) is 0 Å². The molecule has 0 saturated heterocycles. The molecule has 1 aliphatic heterocycles. The molecule has 0 saturated carbocycles. The number of nitrogens with one attached hydrogen (secondary N) is 1. The van der Waals surface area contributed by atoms with Crippen LogP contribution in [0, 0.1) is 5.82 Å². The number of fused-ring (bicyclic) bond motifs is 1. The Morgan fingerprint density at radius 1 is 0.900 bits per heavy atom. The Balaban J connectivity index is 2.91. The van der Waals surface area contributed by atoms with Gasteiger partial charge in [-0.25, -0.2) is 4.39 Å². The van der Waals surface area contributed by atoms with Crippen LogP contribution in [0.15, 0.2) is 6.07 Å². The van der Waals surface area contributed by atoms with Crippen LogP contribution in [-0.4, -0.2) is 11.8 Å². The molecule has 1 aromatic rings. The summed E-state index contributed by atoms with van der Waals surface area (Å²) in [5.74, 6) is -5.31. The molecule has 108 valence electrons. The summed E-state index contributed by atoms with van der Waals surface area (Å²) in [6.45, 7) is 0. The van der Waals surface area contributed by atoms with Crippen LogP contribution in [0.4, 0.5) is 30.7 Å². The quantitative estimate of drug-likeness (QED) is 0.591. The molecule has 20 heavy (non-hydrogen) atoms. The fourth-order valence-electron chi connectivity index (χ4n) is 1.78. The molecule has 0 aromatic heterocycles. The first-order valence-corrected chi connectivity index (χ1v) is 4.81. The lowest BCUT2D eigenvalue weighted by molar-refractivity contribution is -0.163. The van der Waals surface area contributed by atoms with Gasteiger partial charge in [-0.3, -0.25) is 14.9 Å². The van der Waals surface area contributed by atoms with E-state index in [0.717, 1.165) is 0 Å². The maximum atomic E-state index is 13.7. The van der Waals surface area contributed by atoms with E-state index in [9.17, 15) is 40.3 Å². The summed E-state index contributed by atoms with van der Waals surface area (Å²) in [5, 5.41) is 1.43. The van der Waals surface area contributed by atoms with Crippen molar-refractivity contribution in [2.75, 3.05) is 0 Å². The molecule has 1 aromatic carbocycles. The largest absolute Gasteiger partial charge is 0.419 e. The van der Waals surface area contributed by atoms with E-state index in [4.69, 9.17) is 0 Å². The molecule has 0 unspecified atom stereocenters. The lowest BCUT2D eigenvalue weighted by atomic mass is 9.97. The van der Waals surface area contributed by atoms with Gasteiger partial charge in [0.15, 0.2) is 0 Å². The molecule has 0 spiro atoms. The second kappa shape index (κ2) is 3.93. The van der Waals surface area contributed by atoms with Gasteiger partial charge in [0.05, 0.1) is 16.7 Å². The lowest BCUT2D eigenvalue weighted by Crippen LogP contribution is -2.21. The van der Waals surface area contributed by atoms with E-state index < -0.39 is 52.2 Å². The van der Waals surface area contributed by atoms with Crippen molar-refractivity contribution in [3.8, 4) is 0 Å². The fraction of sp³-hybridized carbons (Fsp3) is 0.200. The van der Waals surface area contributed by atoms with Crippen molar-refractivity contribution >= 4 is 11.8 Å². The number of rotatable bonds is 0. The second-order valence-electron chi connectivity index (χ2n) is 3.81. The highest BCUT2D eigenvalue weighted by Crippen LogP contribution is 2.43. The summed E-state index contributed by atoms with van der Waals surface area (Å²) in [5.41, 5.74) is -7.39. The summed E-state index contributed by atoms with van der Waals surface area (Å²) in [6.07, 6.45) is -11.2. The monoisotopic (exact) mass is 301 g/mol. The maximum absolute atomic E-state index is 13.7. The van der Waals surface area contributed by atoms with E-state index in [1.807, 2.05) is 0 Å². The van der Waals surface area contributed by atoms with Crippen LogP contribution in [0.1, 0.15) is 31.8 Å². The smallest absolute Gasteiger partial charge is 0.288 e. The first-order chi connectivity index (χ1) is 8.94. The van der Waals surface area contributed by atoms with E-state index in [1.165, 1.54) is 5.32 Å². The SMILES string of the molecule is O=C1NC(=O)c2c1cc(C(F)(F)F)c(C(F)(F)F)c2F. The summed E-state index contributed by atoms with van der Waals surface area (Å²) < 4.78 is 89.1. The van der Waals surface area contributed by atoms with Gasteiger partial charge >= 0.3 is 12.4 Å². The zero-order valence-corrected chi connectivity index (χ0v) is 9.04. The number of hydrogen-bond donors (Lipinski definition) is 1. The van der Waals surface area contributed by atoms with Crippen LogP contribution in [0.25, 0.3) is 0 Å². The number of hydrogen-bond acceptors (Lipinski definition) is 2. The molecule has 1 heterocycles.